The van der Waals surface area contributed by atoms with Crippen LogP contribution in [0.3, 0.4) is 0 Å². The zero-order chi connectivity index (χ0) is 13.7. The molecule has 0 radical (unpaired) electrons. The molecule has 0 fully saturated rings. The lowest BCUT2D eigenvalue weighted by Gasteiger charge is -2.06. The first-order valence-electron chi connectivity index (χ1n) is 5.83. The third-order valence-corrected chi connectivity index (χ3v) is 3.76. The van der Waals surface area contributed by atoms with Gasteiger partial charge in [-0.1, -0.05) is 24.3 Å². The second-order valence-electron chi connectivity index (χ2n) is 3.96. The Kier molecular flexibility index (Phi) is 4.41. The van der Waals surface area contributed by atoms with Crippen molar-refractivity contribution in [3.8, 4) is 0 Å². The molecule has 2 aromatic rings. The Morgan fingerprint density at radius 1 is 1.21 bits per heavy atom. The summed E-state index contributed by atoms with van der Waals surface area (Å²) in [5, 5.41) is 13.7. The van der Waals surface area contributed by atoms with Gasteiger partial charge >= 0.3 is 0 Å². The smallest absolute Gasteiger partial charge is 0.292 e. The number of nitro benzene ring substituents is 1. The second-order valence-corrected chi connectivity index (χ2v) is 5.01. The standard InChI is InChI=1S/C14H14N2O2S/c1-15-13-9-11(7-8-14(13)16(17)18)10-19-12-5-3-2-4-6-12/h2-9,15H,10H2,1H3. The van der Waals surface area contributed by atoms with E-state index >= 15 is 0 Å². The minimum atomic E-state index is -0.375. The van der Waals surface area contributed by atoms with E-state index in [1.807, 2.05) is 24.3 Å². The van der Waals surface area contributed by atoms with Gasteiger partial charge in [0.15, 0.2) is 0 Å². The maximum absolute atomic E-state index is 10.8. The van der Waals surface area contributed by atoms with E-state index in [-0.39, 0.29) is 10.6 Å². The van der Waals surface area contributed by atoms with E-state index in [1.165, 1.54) is 4.90 Å². The van der Waals surface area contributed by atoms with Crippen LogP contribution in [0.25, 0.3) is 0 Å². The van der Waals surface area contributed by atoms with Gasteiger partial charge in [-0.25, -0.2) is 0 Å². The fourth-order valence-electron chi connectivity index (χ4n) is 1.72. The molecule has 0 aliphatic heterocycles. The molecule has 0 aliphatic rings. The number of nitrogens with zero attached hydrogens (tertiary/aromatic N) is 1. The highest BCUT2D eigenvalue weighted by atomic mass is 32.2. The average Bonchev–Trinajstić information content (AvgIpc) is 2.45. The van der Waals surface area contributed by atoms with Crippen molar-refractivity contribution in [1.82, 2.24) is 0 Å². The van der Waals surface area contributed by atoms with Crippen molar-refractivity contribution in [2.24, 2.45) is 0 Å². The third kappa shape index (κ3) is 3.48. The van der Waals surface area contributed by atoms with Crippen LogP contribution in [0.15, 0.2) is 53.4 Å². The van der Waals surface area contributed by atoms with Crippen molar-refractivity contribution >= 4 is 23.1 Å². The van der Waals surface area contributed by atoms with Crippen molar-refractivity contribution < 1.29 is 4.92 Å². The molecule has 1 N–H and O–H groups in total. The summed E-state index contributed by atoms with van der Waals surface area (Å²) in [5.74, 6) is 0.788. The number of hydrogen-bond donors (Lipinski definition) is 1. The SMILES string of the molecule is CNc1cc(CSc2ccccc2)ccc1[N+](=O)[O-]. The zero-order valence-electron chi connectivity index (χ0n) is 10.5. The molecular formula is C14H14N2O2S. The molecule has 19 heavy (non-hydrogen) atoms. The first kappa shape index (κ1) is 13.4. The van der Waals surface area contributed by atoms with Crippen LogP contribution in [0.4, 0.5) is 11.4 Å². The molecule has 0 atom stereocenters. The predicted octanol–water partition coefficient (Wildman–Crippen LogP) is 3.93. The van der Waals surface area contributed by atoms with Gasteiger partial charge in [-0.3, -0.25) is 10.1 Å². The zero-order valence-corrected chi connectivity index (χ0v) is 11.3. The molecule has 98 valence electrons. The van der Waals surface area contributed by atoms with Crippen molar-refractivity contribution in [3.05, 3.63) is 64.2 Å². The van der Waals surface area contributed by atoms with Crippen LogP contribution in [0.2, 0.25) is 0 Å². The minimum absolute atomic E-state index is 0.107. The predicted molar refractivity (Wildman–Crippen MR) is 78.6 cm³/mol. The number of benzene rings is 2. The van der Waals surface area contributed by atoms with E-state index in [2.05, 4.69) is 17.4 Å². The van der Waals surface area contributed by atoms with Gasteiger partial charge in [-0.05, 0) is 23.8 Å². The highest BCUT2D eigenvalue weighted by Gasteiger charge is 2.12. The monoisotopic (exact) mass is 274 g/mol. The minimum Gasteiger partial charge on any atom is -0.383 e. The van der Waals surface area contributed by atoms with Crippen LogP contribution in [0.5, 0.6) is 0 Å². The van der Waals surface area contributed by atoms with Crippen molar-refractivity contribution in [1.29, 1.82) is 0 Å². The molecule has 0 heterocycles. The molecule has 0 saturated heterocycles. The largest absolute Gasteiger partial charge is 0.383 e. The highest BCUT2D eigenvalue weighted by molar-refractivity contribution is 7.98. The molecule has 0 amide bonds. The highest BCUT2D eigenvalue weighted by Crippen LogP contribution is 2.28. The number of thioether (sulfide) groups is 1. The van der Waals surface area contributed by atoms with Crippen LogP contribution < -0.4 is 5.32 Å². The van der Waals surface area contributed by atoms with E-state index in [0.717, 1.165) is 11.3 Å². The van der Waals surface area contributed by atoms with Crippen molar-refractivity contribution in [2.45, 2.75) is 10.6 Å². The molecule has 0 saturated carbocycles. The number of anilines is 1. The molecule has 0 unspecified atom stereocenters. The first-order chi connectivity index (χ1) is 9.20. The lowest BCUT2D eigenvalue weighted by molar-refractivity contribution is -0.383. The van der Waals surface area contributed by atoms with E-state index in [1.54, 1.807) is 30.9 Å². The molecule has 4 nitrogen and oxygen atoms in total. The lowest BCUT2D eigenvalue weighted by atomic mass is 10.2. The van der Waals surface area contributed by atoms with Crippen LogP contribution in [-0.4, -0.2) is 12.0 Å². The Bertz CT molecular complexity index is 573. The Labute approximate surface area is 116 Å². The van der Waals surface area contributed by atoms with E-state index in [9.17, 15) is 10.1 Å². The topological polar surface area (TPSA) is 55.2 Å². The quantitative estimate of drug-likeness (QED) is 0.510. The third-order valence-electron chi connectivity index (χ3n) is 2.68. The maximum Gasteiger partial charge on any atom is 0.292 e. The van der Waals surface area contributed by atoms with E-state index < -0.39 is 0 Å². The van der Waals surface area contributed by atoms with Gasteiger partial charge < -0.3 is 5.32 Å². The number of rotatable bonds is 5. The Balaban J connectivity index is 2.11. The van der Waals surface area contributed by atoms with Gasteiger partial charge in [-0.15, -0.1) is 11.8 Å². The molecule has 0 aromatic heterocycles. The molecule has 2 aromatic carbocycles. The molecule has 5 heteroatoms. The fraction of sp³-hybridized carbons (Fsp3) is 0.143. The summed E-state index contributed by atoms with van der Waals surface area (Å²) >= 11 is 1.71. The van der Waals surface area contributed by atoms with Gasteiger partial charge in [0.2, 0.25) is 0 Å². The summed E-state index contributed by atoms with van der Waals surface area (Å²) < 4.78 is 0. The number of hydrogen-bond acceptors (Lipinski definition) is 4. The Morgan fingerprint density at radius 3 is 2.58 bits per heavy atom. The average molecular weight is 274 g/mol. The summed E-state index contributed by atoms with van der Waals surface area (Å²) in [6.07, 6.45) is 0. The van der Waals surface area contributed by atoms with Gasteiger partial charge in [0.05, 0.1) is 4.92 Å². The van der Waals surface area contributed by atoms with E-state index in [0.29, 0.717) is 5.69 Å². The summed E-state index contributed by atoms with van der Waals surface area (Å²) in [4.78, 5) is 11.6. The Morgan fingerprint density at radius 2 is 1.95 bits per heavy atom. The van der Waals surface area contributed by atoms with Crippen LogP contribution in [0.1, 0.15) is 5.56 Å². The summed E-state index contributed by atoms with van der Waals surface area (Å²) in [6.45, 7) is 0. The Hall–Kier alpha value is -2.01. The molecule has 0 aliphatic carbocycles. The van der Waals surface area contributed by atoms with Crippen molar-refractivity contribution in [2.75, 3.05) is 12.4 Å². The molecule has 0 bridgehead atoms. The van der Waals surface area contributed by atoms with Crippen molar-refractivity contribution in [3.63, 3.8) is 0 Å². The lowest BCUT2D eigenvalue weighted by Crippen LogP contribution is -1.97. The normalized spacial score (nSPS) is 10.2. The second kappa shape index (κ2) is 6.24. The summed E-state index contributed by atoms with van der Waals surface area (Å²) in [7, 11) is 1.69. The number of nitrogens with one attached hydrogen (secondary N) is 1. The van der Waals surface area contributed by atoms with E-state index in [4.69, 9.17) is 0 Å². The molecule has 2 rings (SSSR count). The first-order valence-corrected chi connectivity index (χ1v) is 6.82. The van der Waals surface area contributed by atoms with Crippen LogP contribution in [-0.2, 0) is 5.75 Å². The van der Waals surface area contributed by atoms with Gasteiger partial charge in [0.25, 0.3) is 5.69 Å². The summed E-state index contributed by atoms with van der Waals surface area (Å²) in [5.41, 5.74) is 1.72. The molecule has 0 spiro atoms. The summed E-state index contributed by atoms with van der Waals surface area (Å²) in [6, 6.07) is 15.3. The maximum atomic E-state index is 10.8. The fourth-order valence-corrected chi connectivity index (χ4v) is 2.58. The van der Waals surface area contributed by atoms with Crippen LogP contribution >= 0.6 is 11.8 Å². The van der Waals surface area contributed by atoms with Gasteiger partial charge in [-0.2, -0.15) is 0 Å². The van der Waals surface area contributed by atoms with Gasteiger partial charge in [0.1, 0.15) is 5.69 Å². The van der Waals surface area contributed by atoms with Gasteiger partial charge in [0, 0.05) is 23.8 Å². The molecular weight excluding hydrogens is 260 g/mol. The number of nitro groups is 1. The van der Waals surface area contributed by atoms with Crippen LogP contribution in [0, 0.1) is 10.1 Å².